The molecule has 0 bridgehead atoms. The molecule has 0 aliphatic heterocycles. The van der Waals surface area contributed by atoms with E-state index in [1.165, 1.54) is 0 Å². The van der Waals surface area contributed by atoms with E-state index in [4.69, 9.17) is 4.42 Å². The maximum absolute atomic E-state index is 12.2. The van der Waals surface area contributed by atoms with Crippen molar-refractivity contribution in [2.45, 2.75) is 33.2 Å². The molecule has 0 aromatic carbocycles. The van der Waals surface area contributed by atoms with Crippen LogP contribution in [0.4, 0.5) is 0 Å². The van der Waals surface area contributed by atoms with Gasteiger partial charge in [-0.2, -0.15) is 0 Å². The maximum Gasteiger partial charge on any atom is 0.257 e. The van der Waals surface area contributed by atoms with Gasteiger partial charge in [0.2, 0.25) is 0 Å². The summed E-state index contributed by atoms with van der Waals surface area (Å²) >= 11 is 3.38. The predicted molar refractivity (Wildman–Crippen MR) is 68.0 cm³/mol. The van der Waals surface area contributed by atoms with Crippen molar-refractivity contribution in [1.29, 1.82) is 0 Å². The van der Waals surface area contributed by atoms with Crippen LogP contribution >= 0.6 is 15.9 Å². The maximum atomic E-state index is 12.2. The van der Waals surface area contributed by atoms with Crippen LogP contribution in [0.2, 0.25) is 0 Å². The molecule has 1 amide bonds. The Labute approximate surface area is 105 Å². The summed E-state index contributed by atoms with van der Waals surface area (Å²) < 4.78 is 5.16. The number of halogens is 1. The number of aryl methyl sites for hydroxylation is 1. The van der Waals surface area contributed by atoms with Crippen LogP contribution in [0.5, 0.6) is 0 Å². The number of carbonyl (C=O) groups is 1. The van der Waals surface area contributed by atoms with E-state index in [0.717, 1.165) is 18.3 Å². The lowest BCUT2D eigenvalue weighted by molar-refractivity contribution is 0.0705. The molecule has 1 rings (SSSR count). The standard InChI is InChI=1S/C12H18BrNO2/c1-9(2)14(7-4-6-13)12(15)11-5-8-16-10(11)3/h5,8-9H,4,6-7H2,1-3H3. The Morgan fingerprint density at radius 1 is 1.56 bits per heavy atom. The number of rotatable bonds is 5. The van der Waals surface area contributed by atoms with Gasteiger partial charge in [0.25, 0.3) is 5.91 Å². The lowest BCUT2D eigenvalue weighted by Crippen LogP contribution is -2.38. The van der Waals surface area contributed by atoms with E-state index in [0.29, 0.717) is 11.3 Å². The van der Waals surface area contributed by atoms with E-state index in [-0.39, 0.29) is 11.9 Å². The summed E-state index contributed by atoms with van der Waals surface area (Å²) in [5.74, 6) is 0.747. The van der Waals surface area contributed by atoms with Gasteiger partial charge in [0.1, 0.15) is 5.76 Å². The summed E-state index contributed by atoms with van der Waals surface area (Å²) in [6.07, 6.45) is 2.52. The fourth-order valence-electron chi connectivity index (χ4n) is 1.59. The summed E-state index contributed by atoms with van der Waals surface area (Å²) in [6, 6.07) is 1.95. The van der Waals surface area contributed by atoms with Gasteiger partial charge in [-0.1, -0.05) is 15.9 Å². The van der Waals surface area contributed by atoms with Crippen LogP contribution in [0.3, 0.4) is 0 Å². The van der Waals surface area contributed by atoms with E-state index in [9.17, 15) is 4.79 Å². The molecule has 0 radical (unpaired) electrons. The van der Waals surface area contributed by atoms with Crippen molar-refractivity contribution in [3.63, 3.8) is 0 Å². The van der Waals surface area contributed by atoms with Gasteiger partial charge in [-0.05, 0) is 33.3 Å². The van der Waals surface area contributed by atoms with Gasteiger partial charge in [-0.3, -0.25) is 4.79 Å². The van der Waals surface area contributed by atoms with Crippen LogP contribution in [0.15, 0.2) is 16.7 Å². The van der Waals surface area contributed by atoms with Crippen LogP contribution < -0.4 is 0 Å². The summed E-state index contributed by atoms with van der Waals surface area (Å²) in [5, 5.41) is 0.911. The van der Waals surface area contributed by atoms with Crippen molar-refractivity contribution in [2.75, 3.05) is 11.9 Å². The molecule has 1 heterocycles. The van der Waals surface area contributed by atoms with Crippen molar-refractivity contribution in [3.05, 3.63) is 23.7 Å². The predicted octanol–water partition coefficient (Wildman–Crippen LogP) is 3.22. The number of amides is 1. The number of nitrogens with zero attached hydrogens (tertiary/aromatic N) is 1. The van der Waals surface area contributed by atoms with Crippen LogP contribution in [0, 0.1) is 6.92 Å². The molecule has 16 heavy (non-hydrogen) atoms. The first-order valence-corrected chi connectivity index (χ1v) is 6.61. The fourth-order valence-corrected chi connectivity index (χ4v) is 1.84. The second-order valence-corrected chi connectivity index (χ2v) is 4.82. The molecule has 4 heteroatoms. The first-order chi connectivity index (χ1) is 7.57. The van der Waals surface area contributed by atoms with E-state index in [2.05, 4.69) is 15.9 Å². The summed E-state index contributed by atoms with van der Waals surface area (Å²) in [5.41, 5.74) is 0.670. The molecule has 0 fully saturated rings. The largest absolute Gasteiger partial charge is 0.469 e. The topological polar surface area (TPSA) is 33.5 Å². The van der Waals surface area contributed by atoms with Gasteiger partial charge in [-0.25, -0.2) is 0 Å². The molecular weight excluding hydrogens is 270 g/mol. The number of hydrogen-bond acceptors (Lipinski definition) is 2. The highest BCUT2D eigenvalue weighted by Gasteiger charge is 2.20. The SMILES string of the molecule is Cc1occc1C(=O)N(CCCBr)C(C)C. The molecule has 0 atom stereocenters. The average Bonchev–Trinajstić information content (AvgIpc) is 2.64. The quantitative estimate of drug-likeness (QED) is 0.779. The van der Waals surface area contributed by atoms with Crippen LogP contribution in [0.1, 0.15) is 36.4 Å². The third-order valence-corrected chi connectivity index (χ3v) is 3.07. The molecule has 1 aromatic rings. The fraction of sp³-hybridized carbons (Fsp3) is 0.583. The van der Waals surface area contributed by atoms with Crippen LogP contribution in [-0.2, 0) is 0 Å². The Balaban J connectivity index is 2.79. The van der Waals surface area contributed by atoms with E-state index in [1.54, 1.807) is 12.3 Å². The molecule has 1 aromatic heterocycles. The number of alkyl halides is 1. The van der Waals surface area contributed by atoms with Gasteiger partial charge >= 0.3 is 0 Å². The lowest BCUT2D eigenvalue weighted by atomic mass is 10.2. The number of carbonyl (C=O) groups excluding carboxylic acids is 1. The molecule has 0 saturated carbocycles. The minimum absolute atomic E-state index is 0.0576. The zero-order chi connectivity index (χ0) is 12.1. The first kappa shape index (κ1) is 13.3. The van der Waals surface area contributed by atoms with Crippen molar-refractivity contribution < 1.29 is 9.21 Å². The second kappa shape index (κ2) is 6.09. The highest BCUT2D eigenvalue weighted by molar-refractivity contribution is 9.09. The lowest BCUT2D eigenvalue weighted by Gasteiger charge is -2.26. The van der Waals surface area contributed by atoms with E-state index in [1.807, 2.05) is 25.7 Å². The normalized spacial score (nSPS) is 10.8. The van der Waals surface area contributed by atoms with Crippen molar-refractivity contribution in [3.8, 4) is 0 Å². The molecule has 0 aliphatic carbocycles. The van der Waals surface area contributed by atoms with Gasteiger partial charge in [0, 0.05) is 17.9 Å². The van der Waals surface area contributed by atoms with Crippen molar-refractivity contribution in [1.82, 2.24) is 4.90 Å². The average molecular weight is 288 g/mol. The van der Waals surface area contributed by atoms with Crippen LogP contribution in [0.25, 0.3) is 0 Å². The number of furan rings is 1. The van der Waals surface area contributed by atoms with E-state index < -0.39 is 0 Å². The van der Waals surface area contributed by atoms with Gasteiger partial charge in [0.05, 0.1) is 11.8 Å². The molecule has 3 nitrogen and oxygen atoms in total. The first-order valence-electron chi connectivity index (χ1n) is 5.49. The zero-order valence-corrected chi connectivity index (χ0v) is 11.6. The summed E-state index contributed by atoms with van der Waals surface area (Å²) in [6.45, 7) is 6.64. The Hall–Kier alpha value is -0.770. The molecule has 0 aliphatic rings. The molecular formula is C12H18BrNO2. The second-order valence-electron chi connectivity index (χ2n) is 4.03. The Kier molecular flexibility index (Phi) is 5.06. The molecule has 0 unspecified atom stereocenters. The van der Waals surface area contributed by atoms with Gasteiger partial charge in [0.15, 0.2) is 0 Å². The molecule has 0 spiro atoms. The number of hydrogen-bond donors (Lipinski definition) is 0. The monoisotopic (exact) mass is 287 g/mol. The Bertz CT molecular complexity index is 347. The van der Waals surface area contributed by atoms with Crippen molar-refractivity contribution in [2.24, 2.45) is 0 Å². The third-order valence-electron chi connectivity index (χ3n) is 2.51. The van der Waals surface area contributed by atoms with E-state index >= 15 is 0 Å². The molecule has 0 saturated heterocycles. The highest BCUT2D eigenvalue weighted by atomic mass is 79.9. The van der Waals surface area contributed by atoms with Gasteiger partial charge < -0.3 is 9.32 Å². The molecule has 0 N–H and O–H groups in total. The van der Waals surface area contributed by atoms with Crippen molar-refractivity contribution >= 4 is 21.8 Å². The molecule has 90 valence electrons. The summed E-state index contributed by atoms with van der Waals surface area (Å²) in [4.78, 5) is 14.1. The van der Waals surface area contributed by atoms with Gasteiger partial charge in [-0.15, -0.1) is 0 Å². The highest BCUT2D eigenvalue weighted by Crippen LogP contribution is 2.14. The zero-order valence-electron chi connectivity index (χ0n) is 10.00. The third kappa shape index (κ3) is 3.11. The smallest absolute Gasteiger partial charge is 0.257 e. The minimum atomic E-state index is 0.0576. The minimum Gasteiger partial charge on any atom is -0.469 e. The Morgan fingerprint density at radius 2 is 2.25 bits per heavy atom. The Morgan fingerprint density at radius 3 is 2.69 bits per heavy atom. The summed E-state index contributed by atoms with van der Waals surface area (Å²) in [7, 11) is 0. The van der Waals surface area contributed by atoms with Crippen LogP contribution in [-0.4, -0.2) is 28.7 Å².